The second kappa shape index (κ2) is 4.69. The molecule has 2 aromatic rings. The van der Waals surface area contributed by atoms with E-state index in [1.54, 1.807) is 17.5 Å². The van der Waals surface area contributed by atoms with E-state index in [1.807, 2.05) is 11.4 Å². The number of hydrogen-bond acceptors (Lipinski definition) is 4. The minimum absolute atomic E-state index is 0.463. The lowest BCUT2D eigenvalue weighted by molar-refractivity contribution is 1.01. The molecule has 0 bridgehead atoms. The van der Waals surface area contributed by atoms with Gasteiger partial charge in [0.1, 0.15) is 10.7 Å². The van der Waals surface area contributed by atoms with Gasteiger partial charge >= 0.3 is 0 Å². The highest BCUT2D eigenvalue weighted by atomic mass is 79.9. The second-order valence-electron chi connectivity index (χ2n) is 2.83. The van der Waals surface area contributed by atoms with Gasteiger partial charge < -0.3 is 5.73 Å². The van der Waals surface area contributed by atoms with Crippen molar-refractivity contribution in [3.8, 4) is 10.7 Å². The summed E-state index contributed by atoms with van der Waals surface area (Å²) in [6.45, 7) is 0.463. The zero-order valence-electron chi connectivity index (χ0n) is 7.58. The molecular weight excluding hydrogens is 342 g/mol. The minimum atomic E-state index is 0.463. The zero-order chi connectivity index (χ0) is 10.8. The number of rotatable bonds is 2. The Morgan fingerprint density at radius 3 is 2.80 bits per heavy atom. The maximum absolute atomic E-state index is 5.51. The van der Waals surface area contributed by atoms with Gasteiger partial charge in [0.05, 0.1) is 5.69 Å². The lowest BCUT2D eigenvalue weighted by Crippen LogP contribution is -1.96. The highest BCUT2D eigenvalue weighted by Crippen LogP contribution is 2.30. The summed E-state index contributed by atoms with van der Waals surface area (Å²) in [7, 11) is 0. The summed E-state index contributed by atoms with van der Waals surface area (Å²) in [6, 6.07) is 1.95. The average Bonchev–Trinajstić information content (AvgIpc) is 2.66. The Morgan fingerprint density at radius 2 is 2.20 bits per heavy atom. The van der Waals surface area contributed by atoms with Crippen molar-refractivity contribution >= 4 is 43.2 Å². The number of hydrogen-bond donors (Lipinski definition) is 1. The molecule has 78 valence electrons. The number of aromatic nitrogens is 2. The molecule has 15 heavy (non-hydrogen) atoms. The monoisotopic (exact) mass is 347 g/mol. The molecule has 6 heteroatoms. The topological polar surface area (TPSA) is 51.8 Å². The van der Waals surface area contributed by atoms with Crippen molar-refractivity contribution in [2.24, 2.45) is 5.73 Å². The quantitative estimate of drug-likeness (QED) is 0.906. The largest absolute Gasteiger partial charge is 0.325 e. The van der Waals surface area contributed by atoms with E-state index in [1.165, 1.54) is 0 Å². The van der Waals surface area contributed by atoms with Crippen LogP contribution in [0.25, 0.3) is 10.7 Å². The van der Waals surface area contributed by atoms with Crippen LogP contribution in [0.5, 0.6) is 0 Å². The third-order valence-corrected chi connectivity index (χ3v) is 3.71. The van der Waals surface area contributed by atoms with Crippen molar-refractivity contribution in [1.29, 1.82) is 0 Å². The van der Waals surface area contributed by atoms with Crippen molar-refractivity contribution in [3.63, 3.8) is 0 Å². The van der Waals surface area contributed by atoms with Gasteiger partial charge in [-0.2, -0.15) is 0 Å². The fourth-order valence-corrected chi connectivity index (χ4v) is 3.23. The highest BCUT2D eigenvalue weighted by Gasteiger charge is 2.09. The summed E-state index contributed by atoms with van der Waals surface area (Å²) >= 11 is 8.36. The van der Waals surface area contributed by atoms with Crippen molar-refractivity contribution in [2.75, 3.05) is 0 Å². The molecule has 3 nitrogen and oxygen atoms in total. The van der Waals surface area contributed by atoms with Gasteiger partial charge in [-0.15, -0.1) is 11.3 Å². The summed E-state index contributed by atoms with van der Waals surface area (Å²) in [6.07, 6.45) is 1.75. The zero-order valence-corrected chi connectivity index (χ0v) is 11.6. The van der Waals surface area contributed by atoms with Crippen LogP contribution in [-0.4, -0.2) is 9.97 Å². The molecule has 0 saturated heterocycles. The molecule has 0 atom stereocenters. The second-order valence-corrected chi connectivity index (χ2v) is 5.46. The molecule has 0 spiro atoms. The molecule has 0 saturated carbocycles. The van der Waals surface area contributed by atoms with Gasteiger partial charge in [0.2, 0.25) is 0 Å². The van der Waals surface area contributed by atoms with E-state index in [0.29, 0.717) is 6.54 Å². The number of thiazole rings is 1. The van der Waals surface area contributed by atoms with Gasteiger partial charge in [0, 0.05) is 27.1 Å². The lowest BCUT2D eigenvalue weighted by Gasteiger charge is -1.99. The smallest absolute Gasteiger partial charge is 0.143 e. The molecular formula is C9H7Br2N3S. The third kappa shape index (κ3) is 2.44. The molecule has 0 aliphatic rings. The van der Waals surface area contributed by atoms with Crippen LogP contribution >= 0.6 is 43.2 Å². The molecule has 2 aromatic heterocycles. The van der Waals surface area contributed by atoms with E-state index in [0.717, 1.165) is 25.3 Å². The molecule has 0 aromatic carbocycles. The normalized spacial score (nSPS) is 10.6. The van der Waals surface area contributed by atoms with Gasteiger partial charge in [-0.25, -0.2) is 4.98 Å². The molecule has 0 aliphatic carbocycles. The molecule has 2 heterocycles. The van der Waals surface area contributed by atoms with Crippen molar-refractivity contribution in [2.45, 2.75) is 6.54 Å². The fourth-order valence-electron chi connectivity index (χ4n) is 1.08. The first-order valence-corrected chi connectivity index (χ1v) is 6.63. The van der Waals surface area contributed by atoms with Crippen molar-refractivity contribution in [1.82, 2.24) is 9.97 Å². The maximum atomic E-state index is 5.51. The van der Waals surface area contributed by atoms with Crippen LogP contribution in [0.2, 0.25) is 0 Å². The lowest BCUT2D eigenvalue weighted by atomic mass is 10.3. The molecule has 0 amide bonds. The van der Waals surface area contributed by atoms with Gasteiger partial charge in [0.25, 0.3) is 0 Å². The van der Waals surface area contributed by atoms with Gasteiger partial charge in [-0.1, -0.05) is 0 Å². The Morgan fingerprint density at radius 1 is 1.40 bits per heavy atom. The number of nitrogens with two attached hydrogens (primary N) is 1. The number of halogens is 2. The van der Waals surface area contributed by atoms with E-state index in [-0.39, 0.29) is 0 Å². The van der Waals surface area contributed by atoms with Crippen LogP contribution in [-0.2, 0) is 6.54 Å². The Balaban J connectivity index is 2.44. The van der Waals surface area contributed by atoms with Crippen LogP contribution < -0.4 is 5.73 Å². The van der Waals surface area contributed by atoms with Crippen LogP contribution in [0.4, 0.5) is 0 Å². The van der Waals surface area contributed by atoms with E-state index < -0.39 is 0 Å². The molecule has 2 N–H and O–H groups in total. The average molecular weight is 349 g/mol. The summed E-state index contributed by atoms with van der Waals surface area (Å²) in [5, 5.41) is 2.83. The number of pyridine rings is 1. The predicted octanol–water partition coefficient (Wildman–Crippen LogP) is 3.19. The van der Waals surface area contributed by atoms with Crippen molar-refractivity contribution in [3.05, 3.63) is 32.3 Å². The first kappa shape index (κ1) is 11.2. The van der Waals surface area contributed by atoms with Gasteiger partial charge in [0.15, 0.2) is 0 Å². The van der Waals surface area contributed by atoms with Crippen LogP contribution in [0.1, 0.15) is 5.69 Å². The predicted molar refractivity (Wildman–Crippen MR) is 68.6 cm³/mol. The summed E-state index contributed by atoms with van der Waals surface area (Å²) in [5.41, 5.74) is 7.25. The molecule has 0 radical (unpaired) electrons. The highest BCUT2D eigenvalue weighted by molar-refractivity contribution is 9.11. The van der Waals surface area contributed by atoms with E-state index >= 15 is 0 Å². The Hall–Kier alpha value is -0.300. The summed E-state index contributed by atoms with van der Waals surface area (Å²) in [5.74, 6) is 0. The maximum Gasteiger partial charge on any atom is 0.143 e. The van der Waals surface area contributed by atoms with Gasteiger partial charge in [-0.05, 0) is 37.9 Å². The number of nitrogens with zero attached hydrogens (tertiary/aromatic N) is 2. The van der Waals surface area contributed by atoms with Crippen LogP contribution in [0.3, 0.4) is 0 Å². The first-order valence-electron chi connectivity index (χ1n) is 4.16. The van der Waals surface area contributed by atoms with E-state index in [9.17, 15) is 0 Å². The van der Waals surface area contributed by atoms with E-state index in [4.69, 9.17) is 5.73 Å². The minimum Gasteiger partial charge on any atom is -0.325 e. The Labute approximate surface area is 108 Å². The van der Waals surface area contributed by atoms with Crippen molar-refractivity contribution < 1.29 is 0 Å². The molecule has 0 unspecified atom stereocenters. The van der Waals surface area contributed by atoms with Crippen LogP contribution in [0, 0.1) is 0 Å². The molecule has 0 fully saturated rings. The Bertz CT molecular complexity index is 484. The van der Waals surface area contributed by atoms with Gasteiger partial charge in [-0.3, -0.25) is 4.98 Å². The standard InChI is InChI=1S/C9H7Br2N3S/c10-5-1-7(11)8(13-3-5)9-14-6(2-12)4-15-9/h1,3-4H,2,12H2. The fraction of sp³-hybridized carbons (Fsp3) is 0.111. The van der Waals surface area contributed by atoms with Crippen LogP contribution in [0.15, 0.2) is 26.6 Å². The molecule has 0 aliphatic heterocycles. The van der Waals surface area contributed by atoms with E-state index in [2.05, 4.69) is 41.8 Å². The third-order valence-electron chi connectivity index (χ3n) is 1.77. The summed E-state index contributed by atoms with van der Waals surface area (Å²) in [4.78, 5) is 8.68. The Kier molecular flexibility index (Phi) is 3.50. The molecule has 2 rings (SSSR count). The summed E-state index contributed by atoms with van der Waals surface area (Å²) < 4.78 is 1.86. The first-order chi connectivity index (χ1) is 7.20. The SMILES string of the molecule is NCc1csc(-c2ncc(Br)cc2Br)n1.